The van der Waals surface area contributed by atoms with E-state index in [1.807, 2.05) is 29.8 Å². The van der Waals surface area contributed by atoms with Gasteiger partial charge in [0, 0.05) is 37.6 Å². The van der Waals surface area contributed by atoms with Gasteiger partial charge >= 0.3 is 5.51 Å². The van der Waals surface area contributed by atoms with Crippen molar-refractivity contribution in [2.45, 2.75) is 31.7 Å². The van der Waals surface area contributed by atoms with Crippen molar-refractivity contribution in [1.82, 2.24) is 19.9 Å². The first kappa shape index (κ1) is 28.9. The smallest absolute Gasteiger partial charge is 0.457 e. The van der Waals surface area contributed by atoms with Crippen LogP contribution in [0.3, 0.4) is 0 Å². The van der Waals surface area contributed by atoms with E-state index in [0.717, 1.165) is 11.2 Å². The van der Waals surface area contributed by atoms with Gasteiger partial charge in [-0.15, -0.1) is 0 Å². The van der Waals surface area contributed by atoms with Gasteiger partial charge in [-0.1, -0.05) is 26.0 Å². The summed E-state index contributed by atoms with van der Waals surface area (Å²) in [5.41, 5.74) is -1.67. The number of nitrogens with zero attached hydrogens (tertiary/aromatic N) is 3. The number of hydrogen-bond donors (Lipinski definition) is 2. The lowest BCUT2D eigenvalue weighted by atomic mass is 10.0. The Morgan fingerprint density at radius 2 is 1.82 bits per heavy atom. The summed E-state index contributed by atoms with van der Waals surface area (Å²) in [4.78, 5) is 21.0. The first-order chi connectivity index (χ1) is 18.8. The quantitative estimate of drug-likeness (QED) is 0.234. The Hall–Kier alpha value is -4.13. The van der Waals surface area contributed by atoms with E-state index in [9.17, 15) is 26.4 Å². The van der Waals surface area contributed by atoms with Crippen LogP contribution in [-0.4, -0.2) is 46.7 Å². The van der Waals surface area contributed by atoms with Crippen LogP contribution in [-0.2, 0) is 16.9 Å². The SMILES string of the molecule is CC(C)c1cccc(Nc2nc3cc(Oc4ccnc(C(=O)NCCCS(=O)(=O)C(F)(F)F)c4)ccc3n2C)c1. The molecule has 2 N–H and O–H groups in total. The molecule has 0 aliphatic heterocycles. The largest absolute Gasteiger partial charge is 0.497 e. The minimum atomic E-state index is -5.32. The van der Waals surface area contributed by atoms with Gasteiger partial charge in [-0.05, 0) is 48.2 Å². The number of aryl methyl sites for hydroxylation is 1. The molecule has 0 radical (unpaired) electrons. The summed E-state index contributed by atoms with van der Waals surface area (Å²) in [6, 6.07) is 16.4. The summed E-state index contributed by atoms with van der Waals surface area (Å²) in [6.45, 7) is 3.99. The summed E-state index contributed by atoms with van der Waals surface area (Å²) >= 11 is 0. The average Bonchev–Trinajstić information content (AvgIpc) is 3.20. The van der Waals surface area contributed by atoms with Crippen LogP contribution in [0.5, 0.6) is 11.5 Å². The van der Waals surface area contributed by atoms with Crippen molar-refractivity contribution in [2.75, 3.05) is 17.6 Å². The lowest BCUT2D eigenvalue weighted by Crippen LogP contribution is -2.30. The van der Waals surface area contributed by atoms with E-state index in [0.29, 0.717) is 28.9 Å². The monoisotopic (exact) mass is 575 g/mol. The van der Waals surface area contributed by atoms with Crippen LogP contribution in [0.1, 0.15) is 42.2 Å². The number of ether oxygens (including phenoxy) is 1. The van der Waals surface area contributed by atoms with Gasteiger partial charge in [-0.3, -0.25) is 9.78 Å². The molecule has 9 nitrogen and oxygen atoms in total. The number of carbonyl (C=O) groups is 1. The Bertz CT molecular complexity index is 1630. The maximum absolute atomic E-state index is 12.4. The number of imidazole rings is 1. The molecule has 0 unspecified atom stereocenters. The fourth-order valence-corrected chi connectivity index (χ4v) is 4.62. The Morgan fingerprint density at radius 3 is 2.55 bits per heavy atom. The van der Waals surface area contributed by atoms with E-state index in [2.05, 4.69) is 46.6 Å². The van der Waals surface area contributed by atoms with Gasteiger partial charge in [-0.25, -0.2) is 13.4 Å². The molecule has 0 fully saturated rings. The summed E-state index contributed by atoms with van der Waals surface area (Å²) in [6.07, 6.45) is 0.957. The molecule has 0 bridgehead atoms. The highest BCUT2D eigenvalue weighted by Crippen LogP contribution is 2.29. The molecule has 1 amide bonds. The molecule has 4 rings (SSSR count). The highest BCUT2D eigenvalue weighted by molar-refractivity contribution is 7.92. The maximum atomic E-state index is 12.4. The third-order valence-electron chi connectivity index (χ3n) is 6.09. The number of rotatable bonds is 10. The van der Waals surface area contributed by atoms with Crippen LogP contribution in [0.4, 0.5) is 24.8 Å². The maximum Gasteiger partial charge on any atom is 0.497 e. The number of alkyl halides is 3. The number of carbonyl (C=O) groups excluding carboxylic acids is 1. The number of anilines is 2. The summed E-state index contributed by atoms with van der Waals surface area (Å²) in [5, 5.41) is 5.72. The molecule has 40 heavy (non-hydrogen) atoms. The normalized spacial score (nSPS) is 12.1. The Kier molecular flexibility index (Phi) is 8.33. The van der Waals surface area contributed by atoms with Gasteiger partial charge in [-0.2, -0.15) is 13.2 Å². The van der Waals surface area contributed by atoms with Crippen LogP contribution in [0, 0.1) is 0 Å². The second kappa shape index (κ2) is 11.5. The summed E-state index contributed by atoms with van der Waals surface area (Å²) in [5.74, 6) is 0.0214. The molecule has 0 spiro atoms. The van der Waals surface area contributed by atoms with Gasteiger partial charge in [0.2, 0.25) is 15.8 Å². The number of pyridine rings is 1. The van der Waals surface area contributed by atoms with E-state index in [-0.39, 0.29) is 12.2 Å². The molecule has 2 heterocycles. The predicted octanol–water partition coefficient (Wildman–Crippen LogP) is 5.68. The van der Waals surface area contributed by atoms with Crippen molar-refractivity contribution in [1.29, 1.82) is 0 Å². The minimum Gasteiger partial charge on any atom is -0.457 e. The standard InChI is InChI=1S/C27H28F3N5O4S/c1-17(2)18-6-4-7-19(14-18)33-26-34-22-15-20(8-9-24(22)35(26)3)39-21-10-12-31-23(16-21)25(36)32-11-5-13-40(37,38)27(28,29)30/h4,6-10,12,14-17H,5,11,13H2,1-3H3,(H,32,36)(H,33,34). The molecular formula is C27H28F3N5O4S. The summed E-state index contributed by atoms with van der Waals surface area (Å²) in [7, 11) is -3.34. The zero-order chi connectivity index (χ0) is 29.1. The number of nitrogens with one attached hydrogen (secondary N) is 2. The molecule has 4 aromatic rings. The molecule has 0 atom stereocenters. The van der Waals surface area contributed by atoms with E-state index >= 15 is 0 Å². The number of halogens is 3. The number of aromatic nitrogens is 3. The number of sulfone groups is 1. The first-order valence-corrected chi connectivity index (χ1v) is 14.0. The molecule has 0 saturated heterocycles. The van der Waals surface area contributed by atoms with Gasteiger partial charge in [0.15, 0.2) is 0 Å². The zero-order valence-electron chi connectivity index (χ0n) is 22.0. The third kappa shape index (κ3) is 6.71. The fourth-order valence-electron chi connectivity index (χ4n) is 3.86. The van der Waals surface area contributed by atoms with Gasteiger partial charge in [0.25, 0.3) is 5.91 Å². The molecule has 212 valence electrons. The van der Waals surface area contributed by atoms with Crippen molar-refractivity contribution >= 4 is 38.4 Å². The second-order valence-corrected chi connectivity index (χ2v) is 11.5. The lowest BCUT2D eigenvalue weighted by Gasteiger charge is -2.10. The highest BCUT2D eigenvalue weighted by atomic mass is 32.2. The van der Waals surface area contributed by atoms with Crippen LogP contribution < -0.4 is 15.4 Å². The highest BCUT2D eigenvalue weighted by Gasteiger charge is 2.44. The average molecular weight is 576 g/mol. The van der Waals surface area contributed by atoms with Crippen molar-refractivity contribution < 1.29 is 31.1 Å². The predicted molar refractivity (Wildman–Crippen MR) is 146 cm³/mol. The van der Waals surface area contributed by atoms with Crippen LogP contribution in [0.25, 0.3) is 11.0 Å². The first-order valence-electron chi connectivity index (χ1n) is 12.4. The van der Waals surface area contributed by atoms with Crippen LogP contribution in [0.2, 0.25) is 0 Å². The van der Waals surface area contributed by atoms with Gasteiger partial charge < -0.3 is 19.9 Å². The Labute approximate surface area is 229 Å². The van der Waals surface area contributed by atoms with Crippen LogP contribution in [0.15, 0.2) is 60.8 Å². The van der Waals surface area contributed by atoms with E-state index in [1.165, 1.54) is 17.8 Å². The van der Waals surface area contributed by atoms with E-state index in [4.69, 9.17) is 4.74 Å². The Morgan fingerprint density at radius 1 is 1.07 bits per heavy atom. The van der Waals surface area contributed by atoms with Crippen LogP contribution >= 0.6 is 0 Å². The van der Waals surface area contributed by atoms with Crippen molar-refractivity contribution in [3.8, 4) is 11.5 Å². The van der Waals surface area contributed by atoms with Gasteiger partial charge in [0.05, 0.1) is 16.8 Å². The molecule has 0 aliphatic rings. The third-order valence-corrected chi connectivity index (χ3v) is 7.62. The molecule has 0 saturated carbocycles. The fraction of sp³-hybridized carbons (Fsp3) is 0.296. The number of fused-ring (bicyclic) bond motifs is 1. The molecular weight excluding hydrogens is 547 g/mol. The topological polar surface area (TPSA) is 115 Å². The number of amides is 1. The molecule has 2 aromatic carbocycles. The molecule has 0 aliphatic carbocycles. The second-order valence-electron chi connectivity index (χ2n) is 9.40. The van der Waals surface area contributed by atoms with Gasteiger partial charge in [0.1, 0.15) is 17.2 Å². The number of hydrogen-bond acceptors (Lipinski definition) is 7. The van der Waals surface area contributed by atoms with E-state index < -0.39 is 33.4 Å². The number of benzene rings is 2. The van der Waals surface area contributed by atoms with Crippen molar-refractivity contribution in [3.63, 3.8) is 0 Å². The van der Waals surface area contributed by atoms with E-state index in [1.54, 1.807) is 18.2 Å². The lowest BCUT2D eigenvalue weighted by molar-refractivity contribution is -0.0435. The minimum absolute atomic E-state index is 0.0368. The molecule has 13 heteroatoms. The zero-order valence-corrected chi connectivity index (χ0v) is 22.8. The Balaban J connectivity index is 1.41. The molecule has 2 aromatic heterocycles. The summed E-state index contributed by atoms with van der Waals surface area (Å²) < 4.78 is 67.4. The van der Waals surface area contributed by atoms with Crippen molar-refractivity contribution in [2.24, 2.45) is 7.05 Å². The van der Waals surface area contributed by atoms with Crippen molar-refractivity contribution in [3.05, 3.63) is 72.1 Å².